The zero-order chi connectivity index (χ0) is 67.7. The number of halogens is 1. The van der Waals surface area contributed by atoms with E-state index in [-0.39, 0.29) is 42.6 Å². The first-order chi connectivity index (χ1) is 47.7. The topological polar surface area (TPSA) is 240 Å². The van der Waals surface area contributed by atoms with Crippen molar-refractivity contribution < 1.29 is 23.6 Å². The highest BCUT2D eigenvalue weighted by atomic mass is 19.1. The number of carbonyl (C=O) groups excluding carboxylic acids is 4. The number of amides is 3. The minimum atomic E-state index is -1.75. The first-order valence-corrected chi connectivity index (χ1v) is 36.4. The highest BCUT2D eigenvalue weighted by Gasteiger charge is 2.46. The van der Waals surface area contributed by atoms with Gasteiger partial charge in [0.1, 0.15) is 0 Å². The minimum Gasteiger partial charge on any atom is -0.397 e. The number of anilines is 6. The van der Waals surface area contributed by atoms with E-state index in [9.17, 15) is 19.2 Å². The summed E-state index contributed by atoms with van der Waals surface area (Å²) in [6, 6.07) is 29.1. The van der Waals surface area contributed by atoms with Crippen LogP contribution < -0.4 is 31.9 Å². The number of Topliss-reactive ketones (excluding diaryl/α,β-unsaturated/α-hetero) is 1. The molecule has 6 saturated heterocycles. The van der Waals surface area contributed by atoms with Crippen LogP contribution in [0.5, 0.6) is 0 Å². The molecule has 1 unspecified atom stereocenters. The van der Waals surface area contributed by atoms with Gasteiger partial charge >= 0.3 is 0 Å². The number of carbonyl (C=O) groups is 4. The van der Waals surface area contributed by atoms with Crippen molar-refractivity contribution in [3.05, 3.63) is 149 Å². The third-order valence-electron chi connectivity index (χ3n) is 22.7. The Morgan fingerprint density at radius 1 is 0.480 bits per heavy atom. The van der Waals surface area contributed by atoms with Crippen molar-refractivity contribution in [3.63, 3.8) is 0 Å². The Morgan fingerprint density at radius 3 is 1.39 bits per heavy atom. The minimum absolute atomic E-state index is 0.0552. The molecule has 21 nitrogen and oxygen atoms in total. The van der Waals surface area contributed by atoms with E-state index in [0.29, 0.717) is 80.8 Å². The first-order valence-electron chi connectivity index (χ1n) is 36.4. The van der Waals surface area contributed by atoms with E-state index < -0.39 is 5.67 Å². The van der Waals surface area contributed by atoms with Crippen molar-refractivity contribution in [2.75, 3.05) is 124 Å². The van der Waals surface area contributed by atoms with Gasteiger partial charge in [0, 0.05) is 200 Å². The molecule has 0 bridgehead atoms. The van der Waals surface area contributed by atoms with Gasteiger partial charge in [0.25, 0.3) is 5.91 Å². The number of para-hydroxylation sites is 3. The number of ketones is 1. The summed E-state index contributed by atoms with van der Waals surface area (Å²) < 4.78 is 15.6. The molecule has 6 N–H and O–H groups in total. The first kappa shape index (κ1) is 68.2. The molecule has 0 aliphatic carbocycles. The molecule has 1 atom stereocenters. The number of likely N-dealkylation sites (tertiary alicyclic amines) is 6. The molecule has 98 heavy (non-hydrogen) atoms. The maximum atomic E-state index is 15.6. The maximum Gasteiger partial charge on any atom is 0.260 e. The van der Waals surface area contributed by atoms with Crippen molar-refractivity contribution in [1.82, 2.24) is 54.3 Å². The van der Waals surface area contributed by atoms with Crippen LogP contribution in [0, 0.1) is 11.8 Å². The van der Waals surface area contributed by atoms with Gasteiger partial charge in [0.05, 0.1) is 17.9 Å². The van der Waals surface area contributed by atoms with Crippen molar-refractivity contribution in [3.8, 4) is 0 Å². The van der Waals surface area contributed by atoms with Crippen LogP contribution in [0.15, 0.2) is 116 Å². The molecule has 0 radical (unpaired) electrons. The van der Waals surface area contributed by atoms with Crippen LogP contribution in [0.4, 0.5) is 39.0 Å². The number of aromatic nitrogens is 5. The van der Waals surface area contributed by atoms with E-state index in [1.54, 1.807) is 42.1 Å². The second kappa shape index (κ2) is 31.2. The van der Waals surface area contributed by atoms with Crippen molar-refractivity contribution in [2.45, 2.75) is 159 Å². The van der Waals surface area contributed by atoms with Crippen LogP contribution in [0.3, 0.4) is 0 Å². The van der Waals surface area contributed by atoms with Crippen molar-refractivity contribution >= 4 is 58.2 Å². The molecular weight excluding hydrogens is 1230 g/mol. The summed E-state index contributed by atoms with van der Waals surface area (Å²) >= 11 is 0. The van der Waals surface area contributed by atoms with E-state index in [0.717, 1.165) is 184 Å². The summed E-state index contributed by atoms with van der Waals surface area (Å²) in [5, 5.41) is 0. The van der Waals surface area contributed by atoms with Gasteiger partial charge in [-0.05, 0) is 150 Å². The van der Waals surface area contributed by atoms with Crippen LogP contribution in [-0.2, 0) is 58.1 Å². The largest absolute Gasteiger partial charge is 0.397 e. The van der Waals surface area contributed by atoms with Crippen LogP contribution >= 0.6 is 0 Å². The number of piperidine rings is 6. The molecule has 6 fully saturated rings. The molecule has 3 aromatic carbocycles. The maximum absolute atomic E-state index is 15.6. The second-order valence-corrected chi connectivity index (χ2v) is 28.7. The van der Waals surface area contributed by atoms with E-state index in [4.69, 9.17) is 17.2 Å². The standard InChI is InChI=1S/C27H36N6O2.C25H33N5O.C24H31FN6O/c1-2-25(34)24-15-21-5-3-4-6-23(21)33(24)22-9-13-32(14-10-22)26(35)20-7-11-31(12-8-20)18-19-16-29-27(28)30-17-19;26-23-17-27-11-5-21(23)18-28-12-6-20(7-13-28)25(31)29-14-9-22(10-15-29)30-16-8-19-3-1-2-4-24(19)30;25-24(8-13-29(14-9-24)17-18-15-27-23(26)28-16-18)22(32)30-10-6-20(7-11-30)31-12-5-19-3-1-2-4-21(19)31/h3-6,16-17,20,22,24H,2,7-15,18H2,1H3,(H2,28,29,30);1-5,11,17,20,22H,6-10,12-16,18,26H2;1-4,15-16,20H,5-14,17H2,(H2,26,27,28). The van der Waals surface area contributed by atoms with Gasteiger partial charge in [0.2, 0.25) is 23.7 Å². The molecule has 22 heteroatoms. The average Bonchev–Trinajstić information content (AvgIpc) is 1.59. The molecule has 9 aliphatic heterocycles. The average molecular weight is 1330 g/mol. The number of rotatable bonds is 14. The third-order valence-corrected chi connectivity index (χ3v) is 22.7. The number of fused-ring (bicyclic) bond motifs is 3. The fraction of sp³-hybridized carbons (Fsp3) is 0.539. The fourth-order valence-corrected chi connectivity index (χ4v) is 17.0. The predicted molar refractivity (Wildman–Crippen MR) is 381 cm³/mol. The number of nitrogen functional groups attached to an aromatic ring is 3. The lowest BCUT2D eigenvalue weighted by Crippen LogP contribution is -2.55. The van der Waals surface area contributed by atoms with E-state index in [1.807, 2.05) is 13.0 Å². The summed E-state index contributed by atoms with van der Waals surface area (Å²) in [5.74, 6) is 1.51. The Bertz CT molecular complexity index is 3670. The van der Waals surface area contributed by atoms with Gasteiger partial charge in [0.15, 0.2) is 11.5 Å². The molecule has 0 spiro atoms. The van der Waals surface area contributed by atoms with Crippen LogP contribution in [0.25, 0.3) is 0 Å². The molecule has 520 valence electrons. The molecule has 3 amide bonds. The zero-order valence-electron chi connectivity index (χ0n) is 57.3. The SMILES string of the molecule is CCC(=O)C1Cc2ccccc2N1C1CCN(C(=O)C2CCN(Cc3cnc(N)nc3)CC2)CC1.Nc1cnccc1CN1CCC(C(=O)N2CCC(N3CCc4ccccc43)CC2)CC1.Nc1ncc(CN2CCC(F)(C(=O)N3CCC(N4CCc5ccccc54)CC3)CC2)cn1. The summed E-state index contributed by atoms with van der Waals surface area (Å²) in [6.45, 7) is 15.9. The van der Waals surface area contributed by atoms with Gasteiger partial charge in [-0.2, -0.15) is 0 Å². The van der Waals surface area contributed by atoms with E-state index >= 15 is 4.39 Å². The summed E-state index contributed by atoms with van der Waals surface area (Å²) in [5.41, 5.74) is 27.4. The molecule has 9 aliphatic rings. The summed E-state index contributed by atoms with van der Waals surface area (Å²) in [7, 11) is 0. The van der Waals surface area contributed by atoms with Gasteiger partial charge in [-0.3, -0.25) is 38.9 Å². The van der Waals surface area contributed by atoms with E-state index in [2.05, 4.69) is 137 Å². The Labute approximate surface area is 577 Å². The molecule has 12 heterocycles. The van der Waals surface area contributed by atoms with Crippen LogP contribution in [0.1, 0.15) is 124 Å². The van der Waals surface area contributed by atoms with Gasteiger partial charge in [-0.15, -0.1) is 0 Å². The number of nitrogens with zero attached hydrogens (tertiary/aromatic N) is 14. The van der Waals surface area contributed by atoms with Crippen molar-refractivity contribution in [2.24, 2.45) is 11.8 Å². The smallest absolute Gasteiger partial charge is 0.260 e. The van der Waals surface area contributed by atoms with Gasteiger partial charge in [-0.1, -0.05) is 61.5 Å². The van der Waals surface area contributed by atoms with E-state index in [1.165, 1.54) is 33.8 Å². The number of benzene rings is 3. The summed E-state index contributed by atoms with van der Waals surface area (Å²) in [6.07, 6.45) is 24.1. The number of nitrogens with two attached hydrogens (primary N) is 3. The highest BCUT2D eigenvalue weighted by Crippen LogP contribution is 2.40. The highest BCUT2D eigenvalue weighted by molar-refractivity contribution is 5.90. The lowest BCUT2D eigenvalue weighted by molar-refractivity contribution is -0.148. The summed E-state index contributed by atoms with van der Waals surface area (Å²) in [4.78, 5) is 92.9. The number of hydrogen-bond donors (Lipinski definition) is 3. The third kappa shape index (κ3) is 15.9. The van der Waals surface area contributed by atoms with Gasteiger partial charge < -0.3 is 46.6 Å². The zero-order valence-corrected chi connectivity index (χ0v) is 57.3. The Balaban J connectivity index is 0.000000133. The molecule has 0 saturated carbocycles. The molecule has 15 rings (SSSR count). The Kier molecular flexibility index (Phi) is 21.7. The van der Waals surface area contributed by atoms with Gasteiger partial charge in [-0.25, -0.2) is 24.3 Å². The molecule has 6 aromatic rings. The monoisotopic (exact) mass is 1330 g/mol. The number of alkyl halides is 1. The number of hydrogen-bond acceptors (Lipinski definition) is 18. The second-order valence-electron chi connectivity index (χ2n) is 28.7. The molecular formula is C76H100FN17O4. The fourth-order valence-electron chi connectivity index (χ4n) is 17.0. The van der Waals surface area contributed by atoms with Crippen LogP contribution in [0.2, 0.25) is 0 Å². The lowest BCUT2D eigenvalue weighted by atomic mass is 9.90. The Hall–Kier alpha value is -8.34. The Morgan fingerprint density at radius 2 is 0.908 bits per heavy atom. The lowest BCUT2D eigenvalue weighted by Gasteiger charge is -2.42. The van der Waals surface area contributed by atoms with Crippen molar-refractivity contribution in [1.29, 1.82) is 0 Å². The quantitative estimate of drug-likeness (QED) is 0.0935. The number of pyridine rings is 1. The molecule has 3 aromatic heterocycles. The normalized spacial score (nSPS) is 21.4. The predicted octanol–water partition coefficient (Wildman–Crippen LogP) is 8.02. The van der Waals surface area contributed by atoms with Crippen LogP contribution in [-0.4, -0.2) is 199 Å².